The molecule has 1 aromatic carbocycles. The molecule has 0 spiro atoms. The second-order valence-corrected chi connectivity index (χ2v) is 7.11. The van der Waals surface area contributed by atoms with Gasteiger partial charge in [-0.05, 0) is 49.7 Å². The van der Waals surface area contributed by atoms with E-state index >= 15 is 0 Å². The summed E-state index contributed by atoms with van der Waals surface area (Å²) in [7, 11) is 0. The molecule has 1 atom stereocenters. The number of primary amides is 1. The fourth-order valence-corrected chi connectivity index (χ4v) is 3.37. The third-order valence-electron chi connectivity index (χ3n) is 4.91. The highest BCUT2D eigenvalue weighted by molar-refractivity contribution is 5.92. The molecule has 0 aliphatic carbocycles. The highest BCUT2D eigenvalue weighted by Gasteiger charge is 2.20. The standard InChI is InChI=1S/C22H20N6O2/c1-14-10-16(5-6-17(14)12-23)18-7-8-27(25-18)13-15(2)28-20(22(24)29)11-19(26-28)21-4-3-9-30-21/h3-11,15H,13H2,1-2H3,(H2,24,29). The molecule has 0 bridgehead atoms. The van der Waals surface area contributed by atoms with Gasteiger partial charge in [0, 0.05) is 17.8 Å². The van der Waals surface area contributed by atoms with Crippen LogP contribution in [0.5, 0.6) is 0 Å². The first kappa shape index (κ1) is 19.2. The molecular weight excluding hydrogens is 380 g/mol. The van der Waals surface area contributed by atoms with E-state index in [0.717, 1.165) is 16.8 Å². The van der Waals surface area contributed by atoms with E-state index in [0.29, 0.717) is 29.3 Å². The minimum absolute atomic E-state index is 0.174. The van der Waals surface area contributed by atoms with Crippen molar-refractivity contribution in [3.63, 3.8) is 0 Å². The zero-order valence-corrected chi connectivity index (χ0v) is 16.6. The molecule has 150 valence electrons. The maximum Gasteiger partial charge on any atom is 0.267 e. The lowest BCUT2D eigenvalue weighted by Crippen LogP contribution is -2.22. The van der Waals surface area contributed by atoms with Gasteiger partial charge in [-0.15, -0.1) is 0 Å². The zero-order valence-electron chi connectivity index (χ0n) is 16.6. The molecule has 0 saturated heterocycles. The number of carbonyl (C=O) groups excluding carboxylic acids is 1. The Labute approximate surface area is 173 Å². The topological polar surface area (TPSA) is 116 Å². The minimum atomic E-state index is -0.554. The highest BCUT2D eigenvalue weighted by Crippen LogP contribution is 2.24. The van der Waals surface area contributed by atoms with Crippen molar-refractivity contribution >= 4 is 5.91 Å². The summed E-state index contributed by atoms with van der Waals surface area (Å²) in [5, 5.41) is 18.2. The second kappa shape index (κ2) is 7.72. The summed E-state index contributed by atoms with van der Waals surface area (Å²) >= 11 is 0. The largest absolute Gasteiger partial charge is 0.463 e. The molecule has 1 unspecified atom stereocenters. The van der Waals surface area contributed by atoms with Crippen LogP contribution in [-0.4, -0.2) is 25.5 Å². The van der Waals surface area contributed by atoms with Crippen LogP contribution in [0.3, 0.4) is 0 Å². The molecule has 4 rings (SSSR count). The van der Waals surface area contributed by atoms with Gasteiger partial charge in [-0.2, -0.15) is 15.5 Å². The Balaban J connectivity index is 1.58. The van der Waals surface area contributed by atoms with E-state index < -0.39 is 5.91 Å². The first-order valence-electron chi connectivity index (χ1n) is 9.44. The fourth-order valence-electron chi connectivity index (χ4n) is 3.37. The molecule has 4 aromatic rings. The van der Waals surface area contributed by atoms with Gasteiger partial charge in [0.1, 0.15) is 11.4 Å². The predicted molar refractivity (Wildman–Crippen MR) is 110 cm³/mol. The van der Waals surface area contributed by atoms with Crippen molar-refractivity contribution in [2.24, 2.45) is 5.73 Å². The van der Waals surface area contributed by atoms with Gasteiger partial charge in [-0.25, -0.2) is 0 Å². The number of furan rings is 1. The third kappa shape index (κ3) is 3.61. The molecular formula is C22H20N6O2. The van der Waals surface area contributed by atoms with Crippen molar-refractivity contribution in [2.45, 2.75) is 26.4 Å². The van der Waals surface area contributed by atoms with Crippen molar-refractivity contribution < 1.29 is 9.21 Å². The van der Waals surface area contributed by atoms with E-state index in [1.54, 1.807) is 39.9 Å². The summed E-state index contributed by atoms with van der Waals surface area (Å²) in [6.07, 6.45) is 3.43. The Morgan fingerprint density at radius 3 is 2.73 bits per heavy atom. The summed E-state index contributed by atoms with van der Waals surface area (Å²) in [5.41, 5.74) is 9.72. The van der Waals surface area contributed by atoms with Crippen LogP contribution in [0.4, 0.5) is 0 Å². The van der Waals surface area contributed by atoms with Crippen molar-refractivity contribution in [1.29, 1.82) is 5.26 Å². The molecule has 3 aromatic heterocycles. The molecule has 0 aliphatic heterocycles. The number of carbonyl (C=O) groups is 1. The predicted octanol–water partition coefficient (Wildman–Crippen LogP) is 3.55. The number of nitrogens with zero attached hydrogens (tertiary/aromatic N) is 5. The number of hydrogen-bond acceptors (Lipinski definition) is 5. The lowest BCUT2D eigenvalue weighted by molar-refractivity contribution is 0.0987. The number of benzene rings is 1. The minimum Gasteiger partial charge on any atom is -0.463 e. The number of rotatable bonds is 6. The van der Waals surface area contributed by atoms with Gasteiger partial charge in [0.25, 0.3) is 5.91 Å². The van der Waals surface area contributed by atoms with Gasteiger partial charge in [0.15, 0.2) is 5.76 Å². The first-order valence-corrected chi connectivity index (χ1v) is 9.44. The first-order chi connectivity index (χ1) is 14.5. The van der Waals surface area contributed by atoms with Crippen LogP contribution in [0, 0.1) is 18.3 Å². The number of aryl methyl sites for hydroxylation is 1. The summed E-state index contributed by atoms with van der Waals surface area (Å²) < 4.78 is 8.78. The fraction of sp³-hybridized carbons (Fsp3) is 0.182. The Bertz CT molecular complexity index is 1240. The van der Waals surface area contributed by atoms with Gasteiger partial charge in [0.2, 0.25) is 0 Å². The van der Waals surface area contributed by atoms with E-state index in [9.17, 15) is 4.79 Å². The van der Waals surface area contributed by atoms with Crippen LogP contribution in [0.1, 0.15) is 34.6 Å². The van der Waals surface area contributed by atoms with E-state index in [1.807, 2.05) is 38.2 Å². The molecule has 30 heavy (non-hydrogen) atoms. The summed E-state index contributed by atoms with van der Waals surface area (Å²) in [5.74, 6) is 0.0161. The summed E-state index contributed by atoms with van der Waals surface area (Å²) in [6, 6.07) is 14.7. The molecule has 0 radical (unpaired) electrons. The number of nitriles is 1. The number of nitrogens with two attached hydrogens (primary N) is 1. The van der Waals surface area contributed by atoms with Gasteiger partial charge in [-0.3, -0.25) is 14.2 Å². The van der Waals surface area contributed by atoms with E-state index in [4.69, 9.17) is 15.4 Å². The van der Waals surface area contributed by atoms with E-state index in [2.05, 4.69) is 16.3 Å². The molecule has 1 amide bonds. The van der Waals surface area contributed by atoms with E-state index in [1.165, 1.54) is 0 Å². The average Bonchev–Trinajstić information content (AvgIpc) is 3.47. The SMILES string of the molecule is Cc1cc(-c2ccn(CC(C)n3nc(-c4ccco4)cc3C(N)=O)n2)ccc1C#N. The molecule has 0 aliphatic rings. The zero-order chi connectivity index (χ0) is 21.3. The maximum atomic E-state index is 11.9. The van der Waals surface area contributed by atoms with Gasteiger partial charge < -0.3 is 10.2 Å². The smallest absolute Gasteiger partial charge is 0.267 e. The second-order valence-electron chi connectivity index (χ2n) is 7.11. The molecule has 8 nitrogen and oxygen atoms in total. The molecule has 3 heterocycles. The summed E-state index contributed by atoms with van der Waals surface area (Å²) in [6.45, 7) is 4.34. The Morgan fingerprint density at radius 2 is 2.07 bits per heavy atom. The van der Waals surface area contributed by atoms with Crippen molar-refractivity contribution in [3.8, 4) is 28.8 Å². The van der Waals surface area contributed by atoms with Gasteiger partial charge in [-0.1, -0.05) is 6.07 Å². The lowest BCUT2D eigenvalue weighted by Gasteiger charge is -2.14. The molecule has 0 saturated carbocycles. The van der Waals surface area contributed by atoms with E-state index in [-0.39, 0.29) is 6.04 Å². The number of aromatic nitrogens is 4. The van der Waals surface area contributed by atoms with Gasteiger partial charge in [0.05, 0.1) is 36.2 Å². The maximum absolute atomic E-state index is 11.9. The molecule has 2 N–H and O–H groups in total. The van der Waals surface area contributed by atoms with Crippen LogP contribution in [0.25, 0.3) is 22.7 Å². The van der Waals surface area contributed by atoms with Crippen molar-refractivity contribution in [2.75, 3.05) is 0 Å². The van der Waals surface area contributed by atoms with Crippen molar-refractivity contribution in [1.82, 2.24) is 19.6 Å². The average molecular weight is 400 g/mol. The number of amides is 1. The van der Waals surface area contributed by atoms with Gasteiger partial charge >= 0.3 is 0 Å². The summed E-state index contributed by atoms with van der Waals surface area (Å²) in [4.78, 5) is 11.9. The Morgan fingerprint density at radius 1 is 1.23 bits per heavy atom. The van der Waals surface area contributed by atoms with Crippen molar-refractivity contribution in [3.05, 3.63) is 71.7 Å². The lowest BCUT2D eigenvalue weighted by atomic mass is 10.0. The Hall–Kier alpha value is -4.12. The van der Waals surface area contributed by atoms with Crippen LogP contribution < -0.4 is 5.73 Å². The van der Waals surface area contributed by atoms with Crippen LogP contribution in [0.2, 0.25) is 0 Å². The monoisotopic (exact) mass is 400 g/mol. The molecule has 0 fully saturated rings. The molecule has 8 heteroatoms. The highest BCUT2D eigenvalue weighted by atomic mass is 16.3. The Kier molecular flexibility index (Phi) is 4.94. The normalized spacial score (nSPS) is 11.9. The quantitative estimate of drug-likeness (QED) is 0.531. The number of hydrogen-bond donors (Lipinski definition) is 1. The third-order valence-corrected chi connectivity index (χ3v) is 4.91. The van der Waals surface area contributed by atoms with Crippen LogP contribution in [0.15, 0.2) is 59.3 Å². The van der Waals surface area contributed by atoms with Crippen LogP contribution >= 0.6 is 0 Å². The van der Waals surface area contributed by atoms with Crippen LogP contribution in [-0.2, 0) is 6.54 Å².